The molecule has 0 aromatic heterocycles. The van der Waals surface area contributed by atoms with Gasteiger partial charge in [0, 0.05) is 45.0 Å². The highest BCUT2D eigenvalue weighted by Crippen LogP contribution is 2.31. The molecule has 9 heteroatoms. The molecule has 2 N–H and O–H groups in total. The molecule has 0 bridgehead atoms. The van der Waals surface area contributed by atoms with Gasteiger partial charge in [0.1, 0.15) is 11.6 Å². The second-order valence-electron chi connectivity index (χ2n) is 7.35. The molecule has 1 fully saturated rings. The first-order valence-electron chi connectivity index (χ1n) is 10.2. The number of para-hydroxylation sites is 2. The van der Waals surface area contributed by atoms with Crippen molar-refractivity contribution in [1.82, 2.24) is 4.90 Å². The van der Waals surface area contributed by atoms with E-state index in [-0.39, 0.29) is 42.3 Å². The Morgan fingerprint density at radius 1 is 1.06 bits per heavy atom. The maximum absolute atomic E-state index is 13.1. The van der Waals surface area contributed by atoms with Crippen LogP contribution in [0.2, 0.25) is 0 Å². The largest absolute Gasteiger partial charge is 0.482 e. The van der Waals surface area contributed by atoms with Crippen LogP contribution in [0.3, 0.4) is 0 Å². The second-order valence-corrected chi connectivity index (χ2v) is 7.35. The van der Waals surface area contributed by atoms with Crippen LogP contribution in [0.25, 0.3) is 0 Å². The molecule has 166 valence electrons. The van der Waals surface area contributed by atoms with E-state index in [1.807, 2.05) is 24.3 Å². The van der Waals surface area contributed by atoms with Crippen molar-refractivity contribution in [2.75, 3.05) is 55.7 Å². The van der Waals surface area contributed by atoms with Crippen molar-refractivity contribution in [2.24, 2.45) is 10.7 Å². The molecule has 2 heterocycles. The first kappa shape index (κ1) is 23.1. The van der Waals surface area contributed by atoms with Crippen molar-refractivity contribution in [1.29, 1.82) is 0 Å². The van der Waals surface area contributed by atoms with Crippen LogP contribution in [0.1, 0.15) is 6.42 Å². The summed E-state index contributed by atoms with van der Waals surface area (Å²) in [6, 6.07) is 14.1. The van der Waals surface area contributed by atoms with Gasteiger partial charge < -0.3 is 25.2 Å². The lowest BCUT2D eigenvalue weighted by Gasteiger charge is -2.36. The number of piperazine rings is 1. The van der Waals surface area contributed by atoms with Gasteiger partial charge >= 0.3 is 0 Å². The standard InChI is InChI=1S/C22H26FN5O2.HI/c23-17-6-8-18(9-7-17)26-12-14-27(15-13-26)22(24)25-10-3-11-28-19-4-1-2-5-20(19)30-16-21(28)29;/h1-2,4-9H,3,10-16H2,(H2,24,25);1H. The quantitative estimate of drug-likeness (QED) is 0.274. The molecule has 0 aliphatic carbocycles. The van der Waals surface area contributed by atoms with E-state index in [1.54, 1.807) is 17.0 Å². The number of carbonyl (C=O) groups excluding carboxylic acids is 1. The van der Waals surface area contributed by atoms with Crippen molar-refractivity contribution < 1.29 is 13.9 Å². The highest BCUT2D eigenvalue weighted by molar-refractivity contribution is 14.0. The summed E-state index contributed by atoms with van der Waals surface area (Å²) in [7, 11) is 0. The third-order valence-electron chi connectivity index (χ3n) is 5.42. The SMILES string of the molecule is I.NC(=NCCCN1C(=O)COc2ccccc21)N1CCN(c2ccc(F)cc2)CC1. The zero-order valence-electron chi connectivity index (χ0n) is 17.2. The molecule has 0 unspecified atom stereocenters. The van der Waals surface area contributed by atoms with E-state index in [1.165, 1.54) is 12.1 Å². The summed E-state index contributed by atoms with van der Waals surface area (Å²) < 4.78 is 18.6. The Morgan fingerprint density at radius 2 is 1.77 bits per heavy atom. The molecule has 4 rings (SSSR count). The fraction of sp³-hybridized carbons (Fsp3) is 0.364. The van der Waals surface area contributed by atoms with Gasteiger partial charge in [-0.2, -0.15) is 0 Å². The molecule has 1 saturated heterocycles. The average molecular weight is 539 g/mol. The lowest BCUT2D eigenvalue weighted by atomic mass is 10.2. The first-order chi connectivity index (χ1) is 14.6. The van der Waals surface area contributed by atoms with Crippen molar-refractivity contribution in [3.63, 3.8) is 0 Å². The van der Waals surface area contributed by atoms with Crippen LogP contribution in [-0.2, 0) is 4.79 Å². The van der Waals surface area contributed by atoms with Gasteiger partial charge in [0.15, 0.2) is 12.6 Å². The van der Waals surface area contributed by atoms with Gasteiger partial charge in [0.05, 0.1) is 5.69 Å². The van der Waals surface area contributed by atoms with Crippen LogP contribution in [-0.4, -0.2) is 62.6 Å². The van der Waals surface area contributed by atoms with Crippen molar-refractivity contribution in [2.45, 2.75) is 6.42 Å². The number of fused-ring (bicyclic) bond motifs is 1. The topological polar surface area (TPSA) is 74.4 Å². The predicted octanol–water partition coefficient (Wildman–Crippen LogP) is 2.70. The Bertz CT molecular complexity index is 916. The van der Waals surface area contributed by atoms with Gasteiger partial charge in [0.2, 0.25) is 0 Å². The lowest BCUT2D eigenvalue weighted by molar-refractivity contribution is -0.121. The smallest absolute Gasteiger partial charge is 0.265 e. The van der Waals surface area contributed by atoms with Crippen LogP contribution >= 0.6 is 24.0 Å². The third-order valence-corrected chi connectivity index (χ3v) is 5.42. The zero-order valence-corrected chi connectivity index (χ0v) is 19.6. The van der Waals surface area contributed by atoms with Crippen molar-refractivity contribution in [3.05, 3.63) is 54.3 Å². The number of guanidine groups is 1. The van der Waals surface area contributed by atoms with Gasteiger partial charge in [-0.3, -0.25) is 9.79 Å². The summed E-state index contributed by atoms with van der Waals surface area (Å²) >= 11 is 0. The first-order valence-corrected chi connectivity index (χ1v) is 10.2. The van der Waals surface area contributed by atoms with Crippen LogP contribution in [0.15, 0.2) is 53.5 Å². The minimum Gasteiger partial charge on any atom is -0.482 e. The Balaban J connectivity index is 0.00000272. The minimum atomic E-state index is -0.226. The van der Waals surface area contributed by atoms with Crippen molar-refractivity contribution >= 4 is 47.2 Å². The fourth-order valence-electron chi connectivity index (χ4n) is 3.77. The fourth-order valence-corrected chi connectivity index (χ4v) is 3.77. The molecule has 2 aromatic rings. The number of hydrogen-bond donors (Lipinski definition) is 1. The number of amides is 1. The molecule has 0 radical (unpaired) electrons. The number of benzene rings is 2. The molecule has 31 heavy (non-hydrogen) atoms. The summed E-state index contributed by atoms with van der Waals surface area (Å²) in [5.74, 6) is 1.00. The van der Waals surface area contributed by atoms with Gasteiger partial charge in [-0.1, -0.05) is 12.1 Å². The number of anilines is 2. The molecular weight excluding hydrogens is 512 g/mol. The predicted molar refractivity (Wildman–Crippen MR) is 131 cm³/mol. The van der Waals surface area contributed by atoms with Crippen LogP contribution in [0, 0.1) is 5.82 Å². The highest BCUT2D eigenvalue weighted by Gasteiger charge is 2.24. The number of nitrogens with two attached hydrogens (primary N) is 1. The molecule has 0 saturated carbocycles. The summed E-state index contributed by atoms with van der Waals surface area (Å²) in [5, 5.41) is 0. The van der Waals surface area contributed by atoms with E-state index in [0.717, 1.165) is 49.7 Å². The summed E-state index contributed by atoms with van der Waals surface area (Å²) in [6.07, 6.45) is 0.719. The van der Waals surface area contributed by atoms with Crippen LogP contribution < -0.4 is 20.3 Å². The average Bonchev–Trinajstić information content (AvgIpc) is 2.78. The molecule has 7 nitrogen and oxygen atoms in total. The molecule has 2 aromatic carbocycles. The minimum absolute atomic E-state index is 0. The summed E-state index contributed by atoms with van der Waals surface area (Å²) in [4.78, 5) is 22.7. The molecule has 1 amide bonds. The van der Waals surface area contributed by atoms with Gasteiger partial charge in [0.25, 0.3) is 5.91 Å². The number of halogens is 2. The zero-order chi connectivity index (χ0) is 20.9. The highest BCUT2D eigenvalue weighted by atomic mass is 127. The Kier molecular flexibility index (Phi) is 7.94. The van der Waals surface area contributed by atoms with Gasteiger partial charge in [-0.25, -0.2) is 4.39 Å². The maximum Gasteiger partial charge on any atom is 0.265 e. The Hall–Kier alpha value is -2.56. The Morgan fingerprint density at radius 3 is 2.52 bits per heavy atom. The van der Waals surface area contributed by atoms with Crippen molar-refractivity contribution in [3.8, 4) is 5.75 Å². The van der Waals surface area contributed by atoms with E-state index < -0.39 is 0 Å². The molecule has 0 atom stereocenters. The van der Waals surface area contributed by atoms with E-state index >= 15 is 0 Å². The number of ether oxygens (including phenoxy) is 1. The second kappa shape index (κ2) is 10.7. The number of aliphatic imine (C=N–C) groups is 1. The number of carbonyl (C=O) groups is 1. The van der Waals surface area contributed by atoms with E-state index in [4.69, 9.17) is 10.5 Å². The van der Waals surface area contributed by atoms with Crippen LogP contribution in [0.5, 0.6) is 5.75 Å². The number of nitrogens with zero attached hydrogens (tertiary/aromatic N) is 4. The van der Waals surface area contributed by atoms with E-state index in [0.29, 0.717) is 19.0 Å². The van der Waals surface area contributed by atoms with E-state index in [2.05, 4.69) is 14.8 Å². The number of rotatable bonds is 5. The molecule has 0 spiro atoms. The molecular formula is C22H27FIN5O2. The summed E-state index contributed by atoms with van der Waals surface area (Å²) in [6.45, 7) is 4.35. The van der Waals surface area contributed by atoms with Crippen LogP contribution in [0.4, 0.5) is 15.8 Å². The number of hydrogen-bond acceptors (Lipinski definition) is 4. The molecule has 2 aliphatic heterocycles. The maximum atomic E-state index is 13.1. The monoisotopic (exact) mass is 539 g/mol. The van der Waals surface area contributed by atoms with Gasteiger partial charge in [-0.05, 0) is 42.8 Å². The third kappa shape index (κ3) is 5.57. The summed E-state index contributed by atoms with van der Waals surface area (Å²) in [5.41, 5.74) is 8.01. The lowest BCUT2D eigenvalue weighted by Crippen LogP contribution is -2.51. The van der Waals surface area contributed by atoms with Gasteiger partial charge in [-0.15, -0.1) is 24.0 Å². The normalized spacial score (nSPS) is 16.5. The Labute approximate surface area is 198 Å². The van der Waals surface area contributed by atoms with E-state index in [9.17, 15) is 9.18 Å². The molecule has 2 aliphatic rings.